The van der Waals surface area contributed by atoms with E-state index in [2.05, 4.69) is 41.2 Å². The Balaban J connectivity index is 4.91. The summed E-state index contributed by atoms with van der Waals surface area (Å²) in [6.07, 6.45) is 4.22. The molecule has 0 aromatic heterocycles. The first-order valence-electron chi connectivity index (χ1n) is 6.17. The molecule has 0 saturated heterocycles. The van der Waals surface area contributed by atoms with Crippen molar-refractivity contribution in [2.75, 3.05) is 0 Å². The van der Waals surface area contributed by atoms with Crippen molar-refractivity contribution in [1.82, 2.24) is 0 Å². The minimum absolute atomic E-state index is 0.0603. The first-order valence-corrected chi connectivity index (χ1v) is 6.17. The van der Waals surface area contributed by atoms with Crippen molar-refractivity contribution >= 4 is 5.71 Å². The van der Waals surface area contributed by atoms with Crippen LogP contribution in [0.15, 0.2) is 12.2 Å². The molecule has 0 amide bonds. The Morgan fingerprint density at radius 2 is 1.87 bits per heavy atom. The summed E-state index contributed by atoms with van der Waals surface area (Å²) in [5.74, 6) is 0.476. The van der Waals surface area contributed by atoms with Crippen LogP contribution in [-0.4, -0.2) is 5.71 Å². The molecule has 0 saturated carbocycles. The van der Waals surface area contributed by atoms with Gasteiger partial charge in [-0.25, -0.2) is 0 Å². The van der Waals surface area contributed by atoms with Crippen LogP contribution in [0, 0.1) is 16.7 Å². The lowest BCUT2D eigenvalue weighted by Gasteiger charge is -2.38. The predicted molar refractivity (Wildman–Crippen MR) is 69.6 cm³/mol. The summed E-state index contributed by atoms with van der Waals surface area (Å²) in [4.78, 5) is 0. The van der Waals surface area contributed by atoms with Gasteiger partial charge in [-0.05, 0) is 32.1 Å². The molecule has 88 valence electrons. The molecule has 0 rings (SSSR count). The van der Waals surface area contributed by atoms with Crippen LogP contribution in [0.3, 0.4) is 0 Å². The first kappa shape index (κ1) is 14.4. The Labute approximate surface area is 95.5 Å². The van der Waals surface area contributed by atoms with Crippen LogP contribution in [0.1, 0.15) is 60.3 Å². The van der Waals surface area contributed by atoms with Gasteiger partial charge in [0.1, 0.15) is 0 Å². The lowest BCUT2D eigenvalue weighted by Crippen LogP contribution is -2.36. The van der Waals surface area contributed by atoms with Gasteiger partial charge in [0, 0.05) is 11.1 Å². The third-order valence-corrected chi connectivity index (χ3v) is 3.62. The molecule has 0 bridgehead atoms. The minimum atomic E-state index is -0.0603. The van der Waals surface area contributed by atoms with Gasteiger partial charge >= 0.3 is 0 Å². The third kappa shape index (κ3) is 2.93. The zero-order chi connectivity index (χ0) is 12.1. The Morgan fingerprint density at radius 3 is 2.13 bits per heavy atom. The van der Waals surface area contributed by atoms with Crippen LogP contribution in [0.4, 0.5) is 0 Å². The van der Waals surface area contributed by atoms with Crippen LogP contribution in [0.25, 0.3) is 0 Å². The molecule has 0 heterocycles. The van der Waals surface area contributed by atoms with Crippen LogP contribution in [0.5, 0.6) is 0 Å². The highest BCUT2D eigenvalue weighted by molar-refractivity contribution is 5.90. The Hall–Kier alpha value is -0.590. The van der Waals surface area contributed by atoms with E-state index in [0.717, 1.165) is 37.0 Å². The van der Waals surface area contributed by atoms with Gasteiger partial charge in [0.2, 0.25) is 0 Å². The van der Waals surface area contributed by atoms with Crippen molar-refractivity contribution < 1.29 is 0 Å². The van der Waals surface area contributed by atoms with Gasteiger partial charge < -0.3 is 5.41 Å². The van der Waals surface area contributed by atoms with Crippen molar-refractivity contribution in [1.29, 1.82) is 5.41 Å². The van der Waals surface area contributed by atoms with Crippen LogP contribution in [-0.2, 0) is 0 Å². The maximum atomic E-state index is 8.30. The fourth-order valence-electron chi connectivity index (χ4n) is 2.60. The molecule has 0 aliphatic carbocycles. The van der Waals surface area contributed by atoms with Crippen LogP contribution >= 0.6 is 0 Å². The standard InChI is InChI=1S/C14H27N/c1-7-9-10-13(15)14(8-2,11(3)4)12(5)6/h12,15H,3,7-10H2,1-2,4-6H3/t14-/m1/s1. The third-order valence-electron chi connectivity index (χ3n) is 3.62. The predicted octanol–water partition coefficient (Wildman–Crippen LogP) is 4.82. The largest absolute Gasteiger partial charge is 0.309 e. The minimum Gasteiger partial charge on any atom is -0.309 e. The van der Waals surface area contributed by atoms with E-state index >= 15 is 0 Å². The maximum Gasteiger partial charge on any atom is 0.0303 e. The highest BCUT2D eigenvalue weighted by Crippen LogP contribution is 2.40. The number of nitrogens with one attached hydrogen (secondary N) is 1. The SMILES string of the molecule is C=C(C)[C@@](CC)(C(=N)CCCC)C(C)C. The Bertz CT molecular complexity index is 227. The fraction of sp³-hybridized carbons (Fsp3) is 0.786. The summed E-state index contributed by atoms with van der Waals surface area (Å²) in [6.45, 7) is 14.9. The average molecular weight is 209 g/mol. The molecule has 0 radical (unpaired) electrons. The zero-order valence-corrected chi connectivity index (χ0v) is 11.1. The molecule has 0 spiro atoms. The molecular weight excluding hydrogens is 182 g/mol. The van der Waals surface area contributed by atoms with Gasteiger partial charge in [0.25, 0.3) is 0 Å². The quantitative estimate of drug-likeness (QED) is 0.459. The van der Waals surface area contributed by atoms with Gasteiger partial charge in [0.15, 0.2) is 0 Å². The number of hydrogen-bond donors (Lipinski definition) is 1. The average Bonchev–Trinajstić information content (AvgIpc) is 2.15. The smallest absolute Gasteiger partial charge is 0.0303 e. The Morgan fingerprint density at radius 1 is 1.33 bits per heavy atom. The summed E-state index contributed by atoms with van der Waals surface area (Å²) in [7, 11) is 0. The highest BCUT2D eigenvalue weighted by Gasteiger charge is 2.36. The molecular formula is C14H27N. The van der Waals surface area contributed by atoms with Crippen LogP contribution < -0.4 is 0 Å². The van der Waals surface area contributed by atoms with E-state index in [1.807, 2.05) is 0 Å². The van der Waals surface area contributed by atoms with E-state index in [1.54, 1.807) is 0 Å². The molecule has 1 heteroatoms. The fourth-order valence-corrected chi connectivity index (χ4v) is 2.60. The monoisotopic (exact) mass is 209 g/mol. The van der Waals surface area contributed by atoms with Gasteiger partial charge in [-0.2, -0.15) is 0 Å². The van der Waals surface area contributed by atoms with E-state index in [-0.39, 0.29) is 5.41 Å². The van der Waals surface area contributed by atoms with Gasteiger partial charge in [-0.15, -0.1) is 0 Å². The van der Waals surface area contributed by atoms with E-state index in [4.69, 9.17) is 5.41 Å². The molecule has 1 atom stereocenters. The van der Waals surface area contributed by atoms with Gasteiger partial charge in [0.05, 0.1) is 0 Å². The van der Waals surface area contributed by atoms with Crippen LogP contribution in [0.2, 0.25) is 0 Å². The molecule has 15 heavy (non-hydrogen) atoms. The van der Waals surface area contributed by atoms with Gasteiger partial charge in [-0.1, -0.05) is 46.3 Å². The first-order chi connectivity index (χ1) is 6.93. The number of unbranched alkanes of at least 4 members (excludes halogenated alkanes) is 1. The van der Waals surface area contributed by atoms with Crippen molar-refractivity contribution in [3.05, 3.63) is 12.2 Å². The van der Waals surface area contributed by atoms with Gasteiger partial charge in [-0.3, -0.25) is 0 Å². The van der Waals surface area contributed by atoms with Crippen molar-refractivity contribution in [3.63, 3.8) is 0 Å². The number of rotatable bonds is 7. The number of allylic oxidation sites excluding steroid dienone is 1. The van der Waals surface area contributed by atoms with Crippen molar-refractivity contribution in [2.24, 2.45) is 11.3 Å². The lowest BCUT2D eigenvalue weighted by molar-refractivity contribution is 0.336. The Kier molecular flexibility index (Phi) is 5.85. The normalized spacial score (nSPS) is 15.1. The van der Waals surface area contributed by atoms with E-state index < -0.39 is 0 Å². The second-order valence-electron chi connectivity index (χ2n) is 4.84. The highest BCUT2D eigenvalue weighted by atomic mass is 14.5. The molecule has 1 N–H and O–H groups in total. The second kappa shape index (κ2) is 6.09. The molecule has 1 nitrogen and oxygen atoms in total. The maximum absolute atomic E-state index is 8.30. The molecule has 0 aromatic carbocycles. The molecule has 0 aliphatic heterocycles. The summed E-state index contributed by atoms with van der Waals surface area (Å²) in [6, 6.07) is 0. The van der Waals surface area contributed by atoms with Crippen molar-refractivity contribution in [3.8, 4) is 0 Å². The molecule has 0 unspecified atom stereocenters. The molecule has 0 fully saturated rings. The summed E-state index contributed by atoms with van der Waals surface area (Å²) < 4.78 is 0. The summed E-state index contributed by atoms with van der Waals surface area (Å²) in [5, 5.41) is 8.30. The molecule has 0 aromatic rings. The van der Waals surface area contributed by atoms with E-state index in [1.165, 1.54) is 0 Å². The summed E-state index contributed by atoms with van der Waals surface area (Å²) >= 11 is 0. The summed E-state index contributed by atoms with van der Waals surface area (Å²) in [5.41, 5.74) is 1.98. The molecule has 0 aliphatic rings. The zero-order valence-electron chi connectivity index (χ0n) is 11.1. The lowest BCUT2D eigenvalue weighted by atomic mass is 9.66. The van der Waals surface area contributed by atoms with E-state index in [0.29, 0.717) is 5.92 Å². The number of hydrogen-bond acceptors (Lipinski definition) is 1. The van der Waals surface area contributed by atoms with E-state index in [9.17, 15) is 0 Å². The van der Waals surface area contributed by atoms with Crippen molar-refractivity contribution in [2.45, 2.75) is 60.3 Å². The topological polar surface area (TPSA) is 23.9 Å². The second-order valence-corrected chi connectivity index (χ2v) is 4.84.